The third kappa shape index (κ3) is 2.86. The normalized spacial score (nSPS) is 18.4. The molecule has 0 aromatic heterocycles. The van der Waals surface area contributed by atoms with Crippen molar-refractivity contribution in [3.63, 3.8) is 0 Å². The average Bonchev–Trinajstić information content (AvgIpc) is 2.13. The summed E-state index contributed by atoms with van der Waals surface area (Å²) in [6.07, 6.45) is 2.97. The van der Waals surface area contributed by atoms with Gasteiger partial charge in [-0.3, -0.25) is 14.9 Å². The Bertz CT molecular complexity index is 411. The number of carbonyl (C=O) groups excluding carboxylic acids is 1. The van der Waals surface area contributed by atoms with Gasteiger partial charge >= 0.3 is 0 Å². The molecule has 0 saturated heterocycles. The molecule has 0 radical (unpaired) electrons. The van der Waals surface area contributed by atoms with Gasteiger partial charge in [0.1, 0.15) is 0 Å². The van der Waals surface area contributed by atoms with Gasteiger partial charge in [-0.25, -0.2) is 0 Å². The quantitative estimate of drug-likeness (QED) is 0.531. The molecule has 0 aromatic carbocycles. The van der Waals surface area contributed by atoms with Crippen LogP contribution in [-0.2, 0) is 4.79 Å². The van der Waals surface area contributed by atoms with Crippen LogP contribution in [0.15, 0.2) is 23.3 Å². The molecule has 0 aromatic rings. The number of hydrogen-bond donors (Lipinski definition) is 0. The summed E-state index contributed by atoms with van der Waals surface area (Å²) >= 11 is 0. The largest absolute Gasteiger partial charge is 0.289 e. The van der Waals surface area contributed by atoms with E-state index in [4.69, 9.17) is 0 Å². The Balaban J connectivity index is 3.34. The number of rotatable bonds is 1. The van der Waals surface area contributed by atoms with Crippen molar-refractivity contribution >= 4 is 5.78 Å². The zero-order valence-corrected chi connectivity index (χ0v) is 11.9. The predicted octanol–water partition coefficient (Wildman–Crippen LogP) is 3.16. The second kappa shape index (κ2) is 4.34. The molecule has 1 aliphatic rings. The first-order valence-corrected chi connectivity index (χ1v) is 6.07. The number of Topliss-reactive ketones (excluding diaryl/α,β-unsaturated/α-hetero) is 1. The highest BCUT2D eigenvalue weighted by atomic mass is 16.6. The Morgan fingerprint density at radius 2 is 1.33 bits per heavy atom. The maximum absolute atomic E-state index is 12.4. The van der Waals surface area contributed by atoms with Gasteiger partial charge in [-0.15, -0.1) is 0 Å². The van der Waals surface area contributed by atoms with Gasteiger partial charge < -0.3 is 0 Å². The minimum atomic E-state index is -0.897. The van der Waals surface area contributed by atoms with E-state index in [1.54, 1.807) is 0 Å². The number of allylic oxidation sites excluding steroid dienone is 2. The molecule has 0 N–H and O–H groups in total. The fraction of sp³-hybridized carbons (Fsp3) is 0.643. The SMILES string of the molecule is CC(C)(C)C1=CC([N+](=O)[O-])C=C(C(C)(C)C)C1=O. The molecule has 1 rings (SSSR count). The summed E-state index contributed by atoms with van der Waals surface area (Å²) in [4.78, 5) is 23.1. The minimum Gasteiger partial charge on any atom is -0.289 e. The monoisotopic (exact) mass is 251 g/mol. The maximum Gasteiger partial charge on any atom is 0.250 e. The van der Waals surface area contributed by atoms with Crippen LogP contribution in [0, 0.1) is 20.9 Å². The van der Waals surface area contributed by atoms with Crippen molar-refractivity contribution in [2.24, 2.45) is 10.8 Å². The first-order chi connectivity index (χ1) is 7.94. The van der Waals surface area contributed by atoms with E-state index in [1.807, 2.05) is 41.5 Å². The molecule has 0 aliphatic heterocycles. The number of ketones is 1. The second-order valence-corrected chi connectivity index (χ2v) is 6.77. The summed E-state index contributed by atoms with van der Waals surface area (Å²) < 4.78 is 0. The lowest BCUT2D eigenvalue weighted by molar-refractivity contribution is -0.497. The number of hydrogen-bond acceptors (Lipinski definition) is 3. The summed E-state index contributed by atoms with van der Waals surface area (Å²) in [6, 6.07) is -0.897. The molecule has 100 valence electrons. The molecule has 1 aliphatic carbocycles. The van der Waals surface area contributed by atoms with Gasteiger partial charge in [0.05, 0.1) is 0 Å². The topological polar surface area (TPSA) is 60.2 Å². The van der Waals surface area contributed by atoms with Crippen LogP contribution in [0.2, 0.25) is 0 Å². The summed E-state index contributed by atoms with van der Waals surface area (Å²) in [7, 11) is 0. The van der Waals surface area contributed by atoms with Crippen LogP contribution >= 0.6 is 0 Å². The van der Waals surface area contributed by atoms with Gasteiger partial charge in [-0.1, -0.05) is 41.5 Å². The zero-order valence-electron chi connectivity index (χ0n) is 11.9. The molecule has 0 saturated carbocycles. The summed E-state index contributed by atoms with van der Waals surface area (Å²) in [5.74, 6) is -0.0619. The molecule has 0 spiro atoms. The summed E-state index contributed by atoms with van der Waals surface area (Å²) in [6.45, 7) is 11.4. The highest BCUT2D eigenvalue weighted by Gasteiger charge is 2.37. The lowest BCUT2D eigenvalue weighted by atomic mass is 9.72. The van der Waals surface area contributed by atoms with E-state index in [9.17, 15) is 14.9 Å². The lowest BCUT2D eigenvalue weighted by Crippen LogP contribution is -2.33. The van der Waals surface area contributed by atoms with Crippen LogP contribution in [0.1, 0.15) is 41.5 Å². The molecule has 4 heteroatoms. The highest BCUT2D eigenvalue weighted by Crippen LogP contribution is 2.37. The minimum absolute atomic E-state index is 0.0619. The van der Waals surface area contributed by atoms with Crippen molar-refractivity contribution in [1.82, 2.24) is 0 Å². The first-order valence-electron chi connectivity index (χ1n) is 6.07. The van der Waals surface area contributed by atoms with E-state index in [0.29, 0.717) is 11.1 Å². The van der Waals surface area contributed by atoms with Crippen LogP contribution in [0.25, 0.3) is 0 Å². The van der Waals surface area contributed by atoms with E-state index in [-0.39, 0.29) is 21.5 Å². The molecule has 0 unspecified atom stereocenters. The maximum atomic E-state index is 12.4. The Hall–Kier alpha value is -1.45. The van der Waals surface area contributed by atoms with Crippen LogP contribution in [0.5, 0.6) is 0 Å². The van der Waals surface area contributed by atoms with E-state index in [1.165, 1.54) is 12.2 Å². The van der Waals surface area contributed by atoms with Crippen molar-refractivity contribution in [2.75, 3.05) is 0 Å². The smallest absolute Gasteiger partial charge is 0.250 e. The van der Waals surface area contributed by atoms with Crippen molar-refractivity contribution in [1.29, 1.82) is 0 Å². The van der Waals surface area contributed by atoms with Crippen LogP contribution in [-0.4, -0.2) is 16.7 Å². The number of nitrogens with zero attached hydrogens (tertiary/aromatic N) is 1. The molecular weight excluding hydrogens is 230 g/mol. The Morgan fingerprint density at radius 1 is 1.00 bits per heavy atom. The van der Waals surface area contributed by atoms with Gasteiger partial charge in [0.15, 0.2) is 5.78 Å². The molecule has 4 nitrogen and oxygen atoms in total. The molecule has 0 heterocycles. The van der Waals surface area contributed by atoms with Crippen molar-refractivity contribution < 1.29 is 9.72 Å². The average molecular weight is 251 g/mol. The third-order valence-electron chi connectivity index (χ3n) is 3.02. The first kappa shape index (κ1) is 14.6. The van der Waals surface area contributed by atoms with Crippen LogP contribution < -0.4 is 0 Å². The van der Waals surface area contributed by atoms with E-state index in [2.05, 4.69) is 0 Å². The Morgan fingerprint density at radius 3 is 1.56 bits per heavy atom. The van der Waals surface area contributed by atoms with Gasteiger partial charge in [-0.05, 0) is 10.8 Å². The van der Waals surface area contributed by atoms with Gasteiger partial charge in [0.2, 0.25) is 0 Å². The predicted molar refractivity (Wildman–Crippen MR) is 70.9 cm³/mol. The lowest BCUT2D eigenvalue weighted by Gasteiger charge is -2.31. The van der Waals surface area contributed by atoms with E-state index < -0.39 is 6.04 Å². The fourth-order valence-electron chi connectivity index (χ4n) is 1.99. The van der Waals surface area contributed by atoms with Gasteiger partial charge in [0.25, 0.3) is 6.04 Å². The third-order valence-corrected chi connectivity index (χ3v) is 3.02. The van der Waals surface area contributed by atoms with Crippen molar-refractivity contribution in [3.05, 3.63) is 33.4 Å². The Labute approximate surface area is 108 Å². The van der Waals surface area contributed by atoms with Crippen molar-refractivity contribution in [3.8, 4) is 0 Å². The van der Waals surface area contributed by atoms with E-state index >= 15 is 0 Å². The zero-order chi connectivity index (χ0) is 14.3. The van der Waals surface area contributed by atoms with Crippen LogP contribution in [0.3, 0.4) is 0 Å². The molecule has 18 heavy (non-hydrogen) atoms. The molecule has 0 atom stereocenters. The summed E-state index contributed by atoms with van der Waals surface area (Å²) in [5, 5.41) is 11.0. The van der Waals surface area contributed by atoms with Crippen molar-refractivity contribution in [2.45, 2.75) is 47.6 Å². The molecule has 0 amide bonds. The molecule has 0 bridgehead atoms. The highest BCUT2D eigenvalue weighted by molar-refractivity contribution is 6.10. The molecular formula is C14H21NO3. The molecule has 0 fully saturated rings. The Kier molecular flexibility index (Phi) is 3.52. The number of nitro groups is 1. The second-order valence-electron chi connectivity index (χ2n) is 6.77. The number of carbonyl (C=O) groups is 1. The standard InChI is InChI=1S/C14H21NO3/c1-13(2,3)10-7-9(15(17)18)8-11(12(10)16)14(4,5)6/h7-9H,1-6H3. The van der Waals surface area contributed by atoms with E-state index in [0.717, 1.165) is 0 Å². The summed E-state index contributed by atoms with van der Waals surface area (Å²) in [5.41, 5.74) is 0.319. The van der Waals surface area contributed by atoms with Gasteiger partial charge in [0, 0.05) is 28.2 Å². The fourth-order valence-corrected chi connectivity index (χ4v) is 1.99. The van der Waals surface area contributed by atoms with Gasteiger partial charge in [-0.2, -0.15) is 0 Å². The van der Waals surface area contributed by atoms with Crippen LogP contribution in [0.4, 0.5) is 0 Å².